The van der Waals surface area contributed by atoms with Crippen LogP contribution in [-0.4, -0.2) is 34.6 Å². The van der Waals surface area contributed by atoms with Gasteiger partial charge < -0.3 is 0 Å². The van der Waals surface area contributed by atoms with Gasteiger partial charge in [0.2, 0.25) is 10.0 Å². The van der Waals surface area contributed by atoms with Crippen molar-refractivity contribution in [3.8, 4) is 0 Å². The van der Waals surface area contributed by atoms with Gasteiger partial charge in [0.25, 0.3) is 5.91 Å². The van der Waals surface area contributed by atoms with Crippen molar-refractivity contribution >= 4 is 42.6 Å². The molecular weight excluding hydrogens is 553 g/mol. The Labute approximate surface area is 245 Å². The first-order valence-corrected chi connectivity index (χ1v) is 15.6. The molecule has 9 heteroatoms. The molecule has 2 aromatic heterocycles. The van der Waals surface area contributed by atoms with Gasteiger partial charge in [-0.3, -0.25) is 14.7 Å². The van der Waals surface area contributed by atoms with E-state index < -0.39 is 10.0 Å². The number of benzene rings is 3. The van der Waals surface area contributed by atoms with Crippen LogP contribution < -0.4 is 4.90 Å². The number of pyridine rings is 1. The molecule has 0 fully saturated rings. The molecule has 0 N–H and O–H groups in total. The number of carbonyl (C=O) groups excluding carboxylic acids is 1. The third-order valence-corrected chi connectivity index (χ3v) is 10.1. The molecule has 2 heterocycles. The molecule has 0 aliphatic rings. The SMILES string of the molecule is Cc1cc(C)c2sc(N(Cc3cccnc3)C(=O)c3ccc(S(=O)(=O)N(Cc4ccccc4)C(C)C)cc3)nc2c1. The predicted octanol–water partition coefficient (Wildman–Crippen LogP) is 6.75. The number of thiazole rings is 1. The zero-order valence-electron chi connectivity index (χ0n) is 23.5. The lowest BCUT2D eigenvalue weighted by molar-refractivity contribution is 0.0985. The molecule has 0 aliphatic carbocycles. The van der Waals surface area contributed by atoms with Crippen molar-refractivity contribution in [2.24, 2.45) is 0 Å². The summed E-state index contributed by atoms with van der Waals surface area (Å²) in [5, 5.41) is 0.577. The minimum Gasteiger partial charge on any atom is -0.279 e. The summed E-state index contributed by atoms with van der Waals surface area (Å²) in [6.07, 6.45) is 3.42. The maximum absolute atomic E-state index is 13.9. The van der Waals surface area contributed by atoms with Crippen molar-refractivity contribution in [3.63, 3.8) is 0 Å². The third-order valence-electron chi connectivity index (χ3n) is 6.81. The average molecular weight is 585 g/mol. The van der Waals surface area contributed by atoms with Gasteiger partial charge in [-0.05, 0) is 86.3 Å². The number of sulfonamides is 1. The normalized spacial score (nSPS) is 11.9. The Morgan fingerprint density at radius 3 is 2.27 bits per heavy atom. The van der Waals surface area contributed by atoms with Crippen LogP contribution >= 0.6 is 11.3 Å². The zero-order valence-corrected chi connectivity index (χ0v) is 25.1. The number of amides is 1. The molecule has 5 aromatic rings. The smallest absolute Gasteiger partial charge is 0.260 e. The van der Waals surface area contributed by atoms with Crippen molar-refractivity contribution in [1.29, 1.82) is 0 Å². The zero-order chi connectivity index (χ0) is 29.1. The van der Waals surface area contributed by atoms with Gasteiger partial charge in [-0.2, -0.15) is 4.31 Å². The standard InChI is InChI=1S/C32H32N4O3S2/c1-22(2)36(21-25-9-6-5-7-10-25)41(38,39)28-14-12-27(13-15-28)31(37)35(20-26-11-8-16-33-19-26)32-34-29-18-23(3)17-24(4)30(29)40-32/h5-19,22H,20-21H2,1-4H3. The Hall–Kier alpha value is -3.92. The van der Waals surface area contributed by atoms with E-state index in [2.05, 4.69) is 11.1 Å². The fraction of sp³-hybridized carbons (Fsp3) is 0.219. The summed E-state index contributed by atoms with van der Waals surface area (Å²) < 4.78 is 29.8. The monoisotopic (exact) mass is 584 g/mol. The second-order valence-electron chi connectivity index (χ2n) is 10.3. The van der Waals surface area contributed by atoms with Crippen LogP contribution in [0.2, 0.25) is 0 Å². The fourth-order valence-corrected chi connectivity index (χ4v) is 7.39. The maximum atomic E-state index is 13.9. The summed E-state index contributed by atoms with van der Waals surface area (Å²) in [5.74, 6) is -0.267. The quantitative estimate of drug-likeness (QED) is 0.191. The van der Waals surface area contributed by atoms with Crippen LogP contribution in [0.3, 0.4) is 0 Å². The largest absolute Gasteiger partial charge is 0.279 e. The summed E-state index contributed by atoms with van der Waals surface area (Å²) in [7, 11) is -3.80. The molecule has 5 rings (SSSR count). The van der Waals surface area contributed by atoms with Crippen LogP contribution in [0.1, 0.15) is 46.5 Å². The minimum atomic E-state index is -3.80. The molecule has 0 radical (unpaired) electrons. The summed E-state index contributed by atoms with van der Waals surface area (Å²) in [5.41, 5.74) is 5.21. The summed E-state index contributed by atoms with van der Waals surface area (Å²) >= 11 is 1.47. The van der Waals surface area contributed by atoms with Gasteiger partial charge in [-0.15, -0.1) is 0 Å². The number of carbonyl (C=O) groups is 1. The Balaban J connectivity index is 1.47. The highest BCUT2D eigenvalue weighted by molar-refractivity contribution is 7.89. The van der Waals surface area contributed by atoms with Crippen molar-refractivity contribution in [1.82, 2.24) is 14.3 Å². The molecule has 0 aliphatic heterocycles. The molecule has 0 saturated carbocycles. The number of aromatic nitrogens is 2. The first-order chi connectivity index (χ1) is 19.6. The fourth-order valence-electron chi connectivity index (χ4n) is 4.75. The highest BCUT2D eigenvalue weighted by atomic mass is 32.2. The van der Waals surface area contributed by atoms with E-state index in [1.807, 2.05) is 76.2 Å². The number of rotatable bonds is 9. The lowest BCUT2D eigenvalue weighted by Crippen LogP contribution is -2.36. The van der Waals surface area contributed by atoms with Crippen molar-refractivity contribution in [2.45, 2.75) is 51.7 Å². The molecule has 210 valence electrons. The third kappa shape index (κ3) is 6.22. The van der Waals surface area contributed by atoms with E-state index in [1.54, 1.807) is 29.4 Å². The van der Waals surface area contributed by atoms with Crippen LogP contribution in [0, 0.1) is 13.8 Å². The Morgan fingerprint density at radius 2 is 1.61 bits per heavy atom. The summed E-state index contributed by atoms with van der Waals surface area (Å²) in [6, 6.07) is 23.3. The highest BCUT2D eigenvalue weighted by Gasteiger charge is 2.28. The Morgan fingerprint density at radius 1 is 0.902 bits per heavy atom. The topological polar surface area (TPSA) is 83.5 Å². The second-order valence-corrected chi connectivity index (χ2v) is 13.2. The van der Waals surface area contributed by atoms with E-state index in [-0.39, 0.29) is 29.9 Å². The van der Waals surface area contributed by atoms with Crippen LogP contribution in [0.4, 0.5) is 5.13 Å². The number of nitrogens with zero attached hydrogens (tertiary/aromatic N) is 4. The van der Waals surface area contributed by atoms with E-state index in [0.717, 1.165) is 32.5 Å². The van der Waals surface area contributed by atoms with Gasteiger partial charge in [0, 0.05) is 30.5 Å². The number of aryl methyl sites for hydroxylation is 2. The Kier molecular flexibility index (Phi) is 8.30. The molecule has 7 nitrogen and oxygen atoms in total. The van der Waals surface area contributed by atoms with Gasteiger partial charge in [0.1, 0.15) is 0 Å². The maximum Gasteiger partial charge on any atom is 0.260 e. The summed E-state index contributed by atoms with van der Waals surface area (Å²) in [6.45, 7) is 8.33. The first-order valence-electron chi connectivity index (χ1n) is 13.4. The van der Waals surface area contributed by atoms with Crippen LogP contribution in [-0.2, 0) is 23.1 Å². The van der Waals surface area contributed by atoms with Gasteiger partial charge in [-0.25, -0.2) is 13.4 Å². The summed E-state index contributed by atoms with van der Waals surface area (Å²) in [4.78, 5) is 24.7. The predicted molar refractivity (Wildman–Crippen MR) is 165 cm³/mol. The molecule has 3 aromatic carbocycles. The van der Waals surface area contributed by atoms with Gasteiger partial charge in [0.15, 0.2) is 5.13 Å². The van der Waals surface area contributed by atoms with E-state index in [0.29, 0.717) is 10.7 Å². The van der Waals surface area contributed by atoms with Crippen LogP contribution in [0.5, 0.6) is 0 Å². The Bertz CT molecular complexity index is 1770. The van der Waals surface area contributed by atoms with E-state index >= 15 is 0 Å². The molecule has 0 atom stereocenters. The first kappa shape index (κ1) is 28.6. The minimum absolute atomic E-state index is 0.142. The van der Waals surface area contributed by atoms with Gasteiger partial charge in [0.05, 0.1) is 21.7 Å². The number of hydrogen-bond acceptors (Lipinski definition) is 6. The van der Waals surface area contributed by atoms with Crippen LogP contribution in [0.25, 0.3) is 10.2 Å². The molecule has 0 bridgehead atoms. The molecular formula is C32H32N4O3S2. The highest BCUT2D eigenvalue weighted by Crippen LogP contribution is 2.34. The second kappa shape index (κ2) is 11.9. The van der Waals surface area contributed by atoms with Crippen molar-refractivity contribution < 1.29 is 13.2 Å². The van der Waals surface area contributed by atoms with Crippen molar-refractivity contribution in [3.05, 3.63) is 119 Å². The number of fused-ring (bicyclic) bond motifs is 1. The van der Waals surface area contributed by atoms with E-state index in [9.17, 15) is 13.2 Å². The van der Waals surface area contributed by atoms with Gasteiger partial charge in [-0.1, -0.05) is 53.8 Å². The molecule has 1 amide bonds. The lowest BCUT2D eigenvalue weighted by Gasteiger charge is -2.26. The van der Waals surface area contributed by atoms with E-state index in [4.69, 9.17) is 4.98 Å². The molecule has 0 unspecified atom stereocenters. The molecule has 41 heavy (non-hydrogen) atoms. The lowest BCUT2D eigenvalue weighted by atomic mass is 10.1. The van der Waals surface area contributed by atoms with E-state index in [1.165, 1.54) is 27.8 Å². The van der Waals surface area contributed by atoms with Crippen LogP contribution in [0.15, 0.2) is 96.2 Å². The van der Waals surface area contributed by atoms with Crippen molar-refractivity contribution in [2.75, 3.05) is 4.90 Å². The number of anilines is 1. The molecule has 0 saturated heterocycles. The molecule has 0 spiro atoms. The number of hydrogen-bond donors (Lipinski definition) is 0. The average Bonchev–Trinajstić information content (AvgIpc) is 3.39. The van der Waals surface area contributed by atoms with Gasteiger partial charge >= 0.3 is 0 Å².